The van der Waals surface area contributed by atoms with Gasteiger partial charge in [-0.3, -0.25) is 14.5 Å². The molecule has 10 nitrogen and oxygen atoms in total. The summed E-state index contributed by atoms with van der Waals surface area (Å²) in [6.45, 7) is 3.15. The van der Waals surface area contributed by atoms with E-state index in [0.29, 0.717) is 41.2 Å². The molecule has 0 radical (unpaired) electrons. The Morgan fingerprint density at radius 2 is 1.37 bits per heavy atom. The van der Waals surface area contributed by atoms with E-state index in [9.17, 15) is 9.59 Å². The maximum Gasteiger partial charge on any atom is 0.220 e. The molecule has 270 valence electrons. The number of rotatable bonds is 10. The van der Waals surface area contributed by atoms with E-state index in [0.717, 1.165) is 102 Å². The van der Waals surface area contributed by atoms with Gasteiger partial charge in [-0.05, 0) is 55.4 Å². The van der Waals surface area contributed by atoms with Crippen LogP contribution in [0.25, 0.3) is 33.6 Å². The molecule has 5 heterocycles. The number of aromatic nitrogens is 2. The van der Waals surface area contributed by atoms with E-state index in [1.54, 1.807) is 14.2 Å². The Labute approximate surface area is 313 Å². The van der Waals surface area contributed by atoms with Gasteiger partial charge >= 0.3 is 0 Å². The summed E-state index contributed by atoms with van der Waals surface area (Å²) in [5.74, 6) is 1.44. The summed E-state index contributed by atoms with van der Waals surface area (Å²) in [6, 6.07) is 16.5. The second-order valence-corrected chi connectivity index (χ2v) is 14.9. The number of fused-ring (bicyclic) bond motifs is 2. The molecule has 0 bridgehead atoms. The molecule has 2 aromatic heterocycles. The molecule has 3 atom stereocenters. The lowest BCUT2D eigenvalue weighted by molar-refractivity contribution is -0.120. The van der Waals surface area contributed by atoms with Gasteiger partial charge in [-0.15, -0.1) is 0 Å². The van der Waals surface area contributed by atoms with E-state index < -0.39 is 0 Å². The van der Waals surface area contributed by atoms with Crippen molar-refractivity contribution < 1.29 is 19.1 Å². The van der Waals surface area contributed by atoms with Crippen LogP contribution in [-0.2, 0) is 29.0 Å². The minimum Gasteiger partial charge on any atom is -0.481 e. The fraction of sp³-hybridized carbons (Fsp3) is 0.400. The standard InChI is InChI=1S/C40H42Cl2N6O4/c1-51-39-26-15-16-48(21-25-11-14-35(50)45-25)20-23(26)18-33(46-39)30-8-4-6-28(38(30)42)27-5-3-7-29(37(27)41)32-17-22-9-12-31(36(22)40(47-32)52-2)43-19-24-10-13-34(49)44-24/h3-8,17-18,24-25,31,43H,9-16,19-21H2,1-2H3,(H,44,49)(H,45,50)/t24-,25?,31+/m0/s1. The number of hydrogen-bond acceptors (Lipinski definition) is 8. The number of methoxy groups -OCH3 is 2. The minimum absolute atomic E-state index is 0.0984. The van der Waals surface area contributed by atoms with Crippen molar-refractivity contribution in [2.45, 2.75) is 69.6 Å². The van der Waals surface area contributed by atoms with Crippen LogP contribution in [0.3, 0.4) is 0 Å². The highest BCUT2D eigenvalue weighted by atomic mass is 35.5. The van der Waals surface area contributed by atoms with E-state index in [1.807, 2.05) is 36.4 Å². The average molecular weight is 742 g/mol. The predicted molar refractivity (Wildman–Crippen MR) is 202 cm³/mol. The fourth-order valence-electron chi connectivity index (χ4n) is 8.28. The van der Waals surface area contributed by atoms with Gasteiger partial charge in [0.25, 0.3) is 0 Å². The Hall–Kier alpha value is -4.22. The second-order valence-electron chi connectivity index (χ2n) is 14.2. The molecule has 2 fully saturated rings. The lowest BCUT2D eigenvalue weighted by Crippen LogP contribution is -2.41. The van der Waals surface area contributed by atoms with Gasteiger partial charge < -0.3 is 25.4 Å². The number of aryl methyl sites for hydroxylation is 1. The van der Waals surface area contributed by atoms with Gasteiger partial charge in [0.2, 0.25) is 23.6 Å². The zero-order valence-corrected chi connectivity index (χ0v) is 30.9. The average Bonchev–Trinajstić information content (AvgIpc) is 3.89. The smallest absolute Gasteiger partial charge is 0.220 e. The number of halogens is 2. The first-order chi connectivity index (χ1) is 25.3. The topological polar surface area (TPSA) is 118 Å². The second kappa shape index (κ2) is 14.7. The van der Waals surface area contributed by atoms with Crippen LogP contribution in [0, 0.1) is 0 Å². The summed E-state index contributed by atoms with van der Waals surface area (Å²) in [5.41, 5.74) is 9.14. The zero-order chi connectivity index (χ0) is 35.9. The summed E-state index contributed by atoms with van der Waals surface area (Å²) in [6.07, 6.45) is 5.53. The van der Waals surface area contributed by atoms with Crippen LogP contribution >= 0.6 is 23.2 Å². The van der Waals surface area contributed by atoms with Crippen LogP contribution in [0.1, 0.15) is 60.4 Å². The van der Waals surface area contributed by atoms with Gasteiger partial charge in [-0.25, -0.2) is 9.97 Å². The SMILES string of the molecule is COc1nc(-c2cccc(-c3cccc(-c4cc5c(c(OC)n4)[C@H](NC[C@@H]4CCC(=O)N4)CC5)c3Cl)c2Cl)cc2c1CCN(CC1CCC(=O)N1)C2. The van der Waals surface area contributed by atoms with Gasteiger partial charge in [-0.2, -0.15) is 0 Å². The first-order valence-electron chi connectivity index (χ1n) is 18.1. The van der Waals surface area contributed by atoms with E-state index in [1.165, 1.54) is 5.56 Å². The Bertz CT molecular complexity index is 2060. The Morgan fingerprint density at radius 3 is 1.98 bits per heavy atom. The summed E-state index contributed by atoms with van der Waals surface area (Å²) in [5, 5.41) is 10.9. The van der Waals surface area contributed by atoms with Gasteiger partial charge in [0, 0.05) is 90.5 Å². The maximum atomic E-state index is 11.8. The molecule has 1 unspecified atom stereocenters. The zero-order valence-electron chi connectivity index (χ0n) is 29.4. The number of pyridine rings is 2. The van der Waals surface area contributed by atoms with E-state index in [4.69, 9.17) is 42.6 Å². The quantitative estimate of drug-likeness (QED) is 0.174. The molecule has 12 heteroatoms. The number of carbonyl (C=O) groups is 2. The molecule has 52 heavy (non-hydrogen) atoms. The number of amides is 2. The molecule has 1 aliphatic carbocycles. The molecule has 0 saturated carbocycles. The van der Waals surface area contributed by atoms with E-state index in [2.05, 4.69) is 33.0 Å². The number of nitrogens with zero attached hydrogens (tertiary/aromatic N) is 3. The molecular weight excluding hydrogens is 699 g/mol. The highest BCUT2D eigenvalue weighted by Crippen LogP contribution is 2.45. The minimum atomic E-state index is 0.0984. The third kappa shape index (κ3) is 6.73. The number of benzene rings is 2. The molecule has 4 aliphatic rings. The van der Waals surface area contributed by atoms with Crippen molar-refractivity contribution in [1.29, 1.82) is 0 Å². The molecule has 8 rings (SSSR count). The predicted octanol–water partition coefficient (Wildman–Crippen LogP) is 6.29. The van der Waals surface area contributed by atoms with Crippen LogP contribution in [0.5, 0.6) is 11.8 Å². The number of ether oxygens (including phenoxy) is 2. The number of nitrogens with one attached hydrogen (secondary N) is 3. The van der Waals surface area contributed by atoms with E-state index >= 15 is 0 Å². The summed E-state index contributed by atoms with van der Waals surface area (Å²) >= 11 is 14.5. The van der Waals surface area contributed by atoms with Crippen LogP contribution < -0.4 is 25.4 Å². The Morgan fingerprint density at radius 1 is 0.769 bits per heavy atom. The van der Waals surface area contributed by atoms with Crippen molar-refractivity contribution in [3.63, 3.8) is 0 Å². The largest absolute Gasteiger partial charge is 0.481 e. The molecule has 0 spiro atoms. The lowest BCUT2D eigenvalue weighted by atomic mass is 9.95. The van der Waals surface area contributed by atoms with Crippen LogP contribution in [0.15, 0.2) is 48.5 Å². The third-order valence-corrected chi connectivity index (χ3v) is 11.7. The number of carbonyl (C=O) groups excluding carboxylic acids is 2. The third-order valence-electron chi connectivity index (χ3n) is 10.9. The first kappa shape index (κ1) is 34.8. The molecule has 2 aromatic carbocycles. The van der Waals surface area contributed by atoms with Crippen molar-refractivity contribution in [3.05, 3.63) is 80.8 Å². The van der Waals surface area contributed by atoms with Gasteiger partial charge in [0.15, 0.2) is 0 Å². The highest BCUT2D eigenvalue weighted by Gasteiger charge is 2.31. The van der Waals surface area contributed by atoms with Gasteiger partial charge in [0.1, 0.15) is 0 Å². The summed E-state index contributed by atoms with van der Waals surface area (Å²) in [7, 11) is 3.31. The molecule has 3 N–H and O–H groups in total. The monoisotopic (exact) mass is 740 g/mol. The molecule has 3 aliphatic heterocycles. The normalized spacial score (nSPS) is 21.1. The molecular formula is C40H42Cl2N6O4. The highest BCUT2D eigenvalue weighted by molar-refractivity contribution is 6.39. The molecule has 4 aromatic rings. The van der Waals surface area contributed by atoms with Crippen molar-refractivity contribution in [2.75, 3.05) is 33.9 Å². The Kier molecular flexibility index (Phi) is 9.82. The van der Waals surface area contributed by atoms with Gasteiger partial charge in [-0.1, -0.05) is 59.6 Å². The van der Waals surface area contributed by atoms with Crippen molar-refractivity contribution in [3.8, 4) is 45.4 Å². The van der Waals surface area contributed by atoms with Crippen LogP contribution in [0.4, 0.5) is 0 Å². The maximum absolute atomic E-state index is 11.8. The van der Waals surface area contributed by atoms with Crippen LogP contribution in [-0.4, -0.2) is 72.6 Å². The molecule has 2 amide bonds. The number of hydrogen-bond donors (Lipinski definition) is 3. The Balaban J connectivity index is 1.08. The van der Waals surface area contributed by atoms with Gasteiger partial charge in [0.05, 0.1) is 35.7 Å². The summed E-state index contributed by atoms with van der Waals surface area (Å²) < 4.78 is 11.7. The fourth-order valence-corrected chi connectivity index (χ4v) is 8.93. The summed E-state index contributed by atoms with van der Waals surface area (Å²) in [4.78, 5) is 35.8. The molecule has 2 saturated heterocycles. The lowest BCUT2D eigenvalue weighted by Gasteiger charge is -2.31. The van der Waals surface area contributed by atoms with Crippen molar-refractivity contribution >= 4 is 35.0 Å². The van der Waals surface area contributed by atoms with Crippen molar-refractivity contribution in [2.24, 2.45) is 0 Å². The van der Waals surface area contributed by atoms with E-state index in [-0.39, 0.29) is 29.9 Å². The first-order valence-corrected chi connectivity index (χ1v) is 18.8. The van der Waals surface area contributed by atoms with Crippen molar-refractivity contribution in [1.82, 2.24) is 30.8 Å². The van der Waals surface area contributed by atoms with Crippen LogP contribution in [0.2, 0.25) is 10.0 Å².